The minimum atomic E-state index is -0.854. The molecule has 1 rings (SSSR count). The molecule has 5 heteroatoms. The van der Waals surface area contributed by atoms with Crippen molar-refractivity contribution in [2.75, 3.05) is 0 Å². The predicted octanol–water partition coefficient (Wildman–Crippen LogP) is 1.68. The molecular formula is C7H9BrN2O2. The zero-order valence-electron chi connectivity index (χ0n) is 6.57. The Balaban J connectivity index is 2.87. The topological polar surface area (TPSA) is 55.1 Å². The van der Waals surface area contributed by atoms with E-state index < -0.39 is 12.0 Å². The molecule has 1 aromatic heterocycles. The normalized spacial score (nSPS) is 12.8. The van der Waals surface area contributed by atoms with Crippen molar-refractivity contribution in [3.63, 3.8) is 0 Å². The molecule has 0 saturated heterocycles. The van der Waals surface area contributed by atoms with Crippen LogP contribution in [0.15, 0.2) is 16.9 Å². The molecule has 0 bridgehead atoms. The Morgan fingerprint density at radius 1 is 1.92 bits per heavy atom. The zero-order valence-corrected chi connectivity index (χ0v) is 8.15. The number of halogens is 1. The molecule has 0 aliphatic rings. The van der Waals surface area contributed by atoms with Crippen LogP contribution in [0.2, 0.25) is 0 Å². The van der Waals surface area contributed by atoms with E-state index in [2.05, 4.69) is 21.0 Å². The van der Waals surface area contributed by atoms with Crippen LogP contribution in [0.5, 0.6) is 0 Å². The molecule has 1 aromatic rings. The third-order valence-electron chi connectivity index (χ3n) is 1.56. The molecule has 0 aromatic carbocycles. The van der Waals surface area contributed by atoms with E-state index in [4.69, 9.17) is 5.11 Å². The van der Waals surface area contributed by atoms with E-state index in [1.54, 1.807) is 12.4 Å². The average Bonchev–Trinajstić information content (AvgIpc) is 2.37. The number of carboxylic acid groups (broad SMARTS) is 1. The van der Waals surface area contributed by atoms with Gasteiger partial charge in [-0.25, -0.2) is 4.79 Å². The Labute approximate surface area is 78.3 Å². The third-order valence-corrected chi connectivity index (χ3v) is 1.97. The van der Waals surface area contributed by atoms with Gasteiger partial charge in [0.05, 0.1) is 10.7 Å². The van der Waals surface area contributed by atoms with Crippen molar-refractivity contribution in [2.24, 2.45) is 0 Å². The molecule has 0 unspecified atom stereocenters. The van der Waals surface area contributed by atoms with Crippen molar-refractivity contribution in [3.05, 3.63) is 16.9 Å². The largest absolute Gasteiger partial charge is 0.480 e. The SMILES string of the molecule is CC[C@@H](C(=O)O)n1cc(Br)cn1. The van der Waals surface area contributed by atoms with Crippen molar-refractivity contribution >= 4 is 21.9 Å². The summed E-state index contributed by atoms with van der Waals surface area (Å²) in [5.41, 5.74) is 0. The first kappa shape index (κ1) is 9.25. The molecule has 0 aliphatic carbocycles. The summed E-state index contributed by atoms with van der Waals surface area (Å²) in [4.78, 5) is 10.7. The lowest BCUT2D eigenvalue weighted by molar-refractivity contribution is -0.141. The highest BCUT2D eigenvalue weighted by Crippen LogP contribution is 2.14. The van der Waals surface area contributed by atoms with E-state index in [9.17, 15) is 4.79 Å². The number of aliphatic carboxylic acids is 1. The Morgan fingerprint density at radius 2 is 2.58 bits per heavy atom. The minimum absolute atomic E-state index is 0.531. The Morgan fingerprint density at radius 3 is 2.92 bits per heavy atom. The first-order chi connectivity index (χ1) is 5.65. The van der Waals surface area contributed by atoms with Gasteiger partial charge in [-0.3, -0.25) is 4.68 Å². The van der Waals surface area contributed by atoms with E-state index in [0.29, 0.717) is 6.42 Å². The van der Waals surface area contributed by atoms with Crippen molar-refractivity contribution < 1.29 is 9.90 Å². The van der Waals surface area contributed by atoms with Gasteiger partial charge in [0.25, 0.3) is 0 Å². The van der Waals surface area contributed by atoms with Gasteiger partial charge in [0.15, 0.2) is 0 Å². The van der Waals surface area contributed by atoms with Gasteiger partial charge in [0.2, 0.25) is 0 Å². The Kier molecular flexibility index (Phi) is 2.86. The van der Waals surface area contributed by atoms with Gasteiger partial charge in [0.1, 0.15) is 6.04 Å². The lowest BCUT2D eigenvalue weighted by atomic mass is 10.2. The van der Waals surface area contributed by atoms with Crippen LogP contribution >= 0.6 is 15.9 Å². The van der Waals surface area contributed by atoms with Crippen molar-refractivity contribution in [1.29, 1.82) is 0 Å². The third kappa shape index (κ3) is 1.85. The van der Waals surface area contributed by atoms with Crippen molar-refractivity contribution in [3.8, 4) is 0 Å². The molecule has 1 atom stereocenters. The second-order valence-electron chi connectivity index (χ2n) is 2.40. The van der Waals surface area contributed by atoms with Gasteiger partial charge in [-0.1, -0.05) is 6.92 Å². The van der Waals surface area contributed by atoms with Crippen LogP contribution in [-0.2, 0) is 4.79 Å². The molecule has 1 heterocycles. The second kappa shape index (κ2) is 3.71. The molecule has 0 fully saturated rings. The van der Waals surface area contributed by atoms with Gasteiger partial charge in [0, 0.05) is 6.20 Å². The lowest BCUT2D eigenvalue weighted by Crippen LogP contribution is -2.18. The number of nitrogens with zero attached hydrogens (tertiary/aromatic N) is 2. The summed E-state index contributed by atoms with van der Waals surface area (Å²) in [5, 5.41) is 12.7. The number of carboxylic acids is 1. The molecule has 1 N–H and O–H groups in total. The van der Waals surface area contributed by atoms with Crippen LogP contribution < -0.4 is 0 Å². The second-order valence-corrected chi connectivity index (χ2v) is 3.32. The summed E-state index contributed by atoms with van der Waals surface area (Å²) in [6.07, 6.45) is 3.76. The highest BCUT2D eigenvalue weighted by molar-refractivity contribution is 9.10. The minimum Gasteiger partial charge on any atom is -0.480 e. The van der Waals surface area contributed by atoms with Gasteiger partial charge in [-0.05, 0) is 22.4 Å². The maximum atomic E-state index is 10.7. The number of hydrogen-bond donors (Lipinski definition) is 1. The monoisotopic (exact) mass is 232 g/mol. The smallest absolute Gasteiger partial charge is 0.328 e. The highest BCUT2D eigenvalue weighted by atomic mass is 79.9. The fourth-order valence-electron chi connectivity index (χ4n) is 0.960. The van der Waals surface area contributed by atoms with Crippen LogP contribution in [-0.4, -0.2) is 20.9 Å². The van der Waals surface area contributed by atoms with Crippen LogP contribution in [0.25, 0.3) is 0 Å². The molecule has 0 amide bonds. The summed E-state index contributed by atoms with van der Waals surface area (Å²) in [6.45, 7) is 1.81. The molecule has 0 spiro atoms. The maximum absolute atomic E-state index is 10.7. The zero-order chi connectivity index (χ0) is 9.14. The number of aromatic nitrogens is 2. The van der Waals surface area contributed by atoms with E-state index >= 15 is 0 Å². The highest BCUT2D eigenvalue weighted by Gasteiger charge is 2.17. The van der Waals surface area contributed by atoms with Crippen LogP contribution in [0, 0.1) is 0 Å². The van der Waals surface area contributed by atoms with Gasteiger partial charge in [-0.2, -0.15) is 5.10 Å². The van der Waals surface area contributed by atoms with Gasteiger partial charge < -0.3 is 5.11 Å². The first-order valence-electron chi connectivity index (χ1n) is 3.57. The Bertz CT molecular complexity index is 285. The summed E-state index contributed by atoms with van der Waals surface area (Å²) in [6, 6.07) is -0.559. The first-order valence-corrected chi connectivity index (χ1v) is 4.37. The van der Waals surface area contributed by atoms with Crippen LogP contribution in [0.3, 0.4) is 0 Å². The summed E-state index contributed by atoms with van der Waals surface area (Å²) < 4.78 is 2.23. The van der Waals surface area contributed by atoms with E-state index in [1.165, 1.54) is 4.68 Å². The van der Waals surface area contributed by atoms with Crippen LogP contribution in [0.4, 0.5) is 0 Å². The fourth-order valence-corrected chi connectivity index (χ4v) is 1.26. The van der Waals surface area contributed by atoms with E-state index in [1.807, 2.05) is 6.92 Å². The van der Waals surface area contributed by atoms with E-state index in [0.717, 1.165) is 4.47 Å². The number of carbonyl (C=O) groups is 1. The standard InChI is InChI=1S/C7H9BrN2O2/c1-2-6(7(11)12)10-4-5(8)3-9-10/h3-4,6H,2H2,1H3,(H,11,12)/t6-/m0/s1. The van der Waals surface area contributed by atoms with E-state index in [-0.39, 0.29) is 0 Å². The maximum Gasteiger partial charge on any atom is 0.328 e. The molecule has 4 nitrogen and oxygen atoms in total. The summed E-state index contributed by atoms with van der Waals surface area (Å²) in [7, 11) is 0. The Hall–Kier alpha value is -0.840. The van der Waals surface area contributed by atoms with Gasteiger partial charge >= 0.3 is 5.97 Å². The van der Waals surface area contributed by atoms with Crippen LogP contribution in [0.1, 0.15) is 19.4 Å². The predicted molar refractivity (Wildman–Crippen MR) is 46.9 cm³/mol. The molecule has 12 heavy (non-hydrogen) atoms. The quantitative estimate of drug-likeness (QED) is 0.863. The average molecular weight is 233 g/mol. The molecule has 0 radical (unpaired) electrons. The lowest BCUT2D eigenvalue weighted by Gasteiger charge is -2.08. The molecular weight excluding hydrogens is 224 g/mol. The molecule has 66 valence electrons. The fraction of sp³-hybridized carbons (Fsp3) is 0.429. The van der Waals surface area contributed by atoms with Crippen molar-refractivity contribution in [1.82, 2.24) is 9.78 Å². The summed E-state index contributed by atoms with van der Waals surface area (Å²) >= 11 is 3.20. The summed E-state index contributed by atoms with van der Waals surface area (Å²) in [5.74, 6) is -0.854. The molecule has 0 aliphatic heterocycles. The number of rotatable bonds is 3. The van der Waals surface area contributed by atoms with Gasteiger partial charge in [-0.15, -0.1) is 0 Å². The van der Waals surface area contributed by atoms with Crippen molar-refractivity contribution in [2.45, 2.75) is 19.4 Å². The number of hydrogen-bond acceptors (Lipinski definition) is 2. The molecule has 0 saturated carbocycles.